The molecule has 2 fully saturated rings. The zero-order valence-electron chi connectivity index (χ0n) is 17.0. The highest BCUT2D eigenvalue weighted by Crippen LogP contribution is 2.41. The van der Waals surface area contributed by atoms with Gasteiger partial charge in [0.1, 0.15) is 0 Å². The van der Waals surface area contributed by atoms with Gasteiger partial charge >= 0.3 is 6.61 Å². The number of rotatable bonds is 9. The molecule has 31 heavy (non-hydrogen) atoms. The lowest BCUT2D eigenvalue weighted by Gasteiger charge is -2.17. The maximum Gasteiger partial charge on any atom is 0.387 e. The molecule has 0 radical (unpaired) electrons. The molecule has 1 atom stereocenters. The lowest BCUT2D eigenvalue weighted by Crippen LogP contribution is -2.34. The molecule has 10 heteroatoms. The number of amides is 2. The van der Waals surface area contributed by atoms with Crippen molar-refractivity contribution < 1.29 is 27.8 Å². The summed E-state index contributed by atoms with van der Waals surface area (Å²) < 4.78 is 35.1. The smallest absolute Gasteiger partial charge is 0.387 e. The monoisotopic (exact) mass is 451 g/mol. The third-order valence-corrected chi connectivity index (χ3v) is 6.04. The predicted molar refractivity (Wildman–Crippen MR) is 111 cm³/mol. The number of hydrogen-bond acceptors (Lipinski definition) is 6. The number of benzene rings is 1. The van der Waals surface area contributed by atoms with Crippen LogP contribution >= 0.6 is 11.3 Å². The number of ether oxygens (including phenoxy) is 2. The Bertz CT molecular complexity index is 964. The van der Waals surface area contributed by atoms with Crippen molar-refractivity contribution in [2.75, 3.05) is 25.0 Å². The summed E-state index contributed by atoms with van der Waals surface area (Å²) in [6.07, 6.45) is 2.51. The van der Waals surface area contributed by atoms with Crippen molar-refractivity contribution in [1.82, 2.24) is 9.88 Å². The molecular formula is C21H23F2N3O4S. The molecule has 4 rings (SSSR count). The van der Waals surface area contributed by atoms with E-state index in [0.29, 0.717) is 17.6 Å². The van der Waals surface area contributed by atoms with Gasteiger partial charge in [-0.3, -0.25) is 9.59 Å². The van der Waals surface area contributed by atoms with Crippen LogP contribution in [0.25, 0.3) is 0 Å². The number of likely N-dealkylation sites (tertiary alicyclic amines) is 1. The van der Waals surface area contributed by atoms with E-state index in [0.717, 1.165) is 24.1 Å². The van der Waals surface area contributed by atoms with Crippen LogP contribution in [-0.4, -0.2) is 48.0 Å². The third-order valence-electron chi connectivity index (χ3n) is 5.27. The van der Waals surface area contributed by atoms with Gasteiger partial charge in [-0.25, -0.2) is 4.98 Å². The maximum absolute atomic E-state index is 12.6. The van der Waals surface area contributed by atoms with Crippen LogP contribution < -0.4 is 14.8 Å². The van der Waals surface area contributed by atoms with Gasteiger partial charge in [-0.15, -0.1) is 11.3 Å². The minimum atomic E-state index is -2.95. The fourth-order valence-electron chi connectivity index (χ4n) is 3.63. The Balaban J connectivity index is 1.37. The number of nitrogens with one attached hydrogen (secondary N) is 1. The average Bonchev–Trinajstić information content (AvgIpc) is 3.36. The normalized spacial score (nSPS) is 18.5. The highest BCUT2D eigenvalue weighted by molar-refractivity contribution is 7.13. The van der Waals surface area contributed by atoms with Crippen molar-refractivity contribution in [2.45, 2.75) is 44.6 Å². The molecule has 1 aromatic carbocycles. The van der Waals surface area contributed by atoms with Crippen molar-refractivity contribution >= 4 is 28.3 Å². The number of anilines is 1. The zero-order chi connectivity index (χ0) is 22.0. The molecule has 1 unspecified atom stereocenters. The van der Waals surface area contributed by atoms with Gasteiger partial charge in [-0.2, -0.15) is 8.78 Å². The standard InChI is InChI=1S/C21H23F2N3O4S/c1-2-29-17-7-13(5-6-16(17)30-20(22)23)14-8-19(28)26(9-14)10-18(27)25-21-24-15(11-31-21)12-3-4-12/h5-7,11-12,14,20H,2-4,8-10H2,1H3,(H,24,25,27). The van der Waals surface area contributed by atoms with E-state index in [-0.39, 0.29) is 48.8 Å². The second-order valence-corrected chi connectivity index (χ2v) is 8.45. The van der Waals surface area contributed by atoms with Crippen LogP contribution in [0.2, 0.25) is 0 Å². The summed E-state index contributed by atoms with van der Waals surface area (Å²) in [7, 11) is 0. The molecule has 1 N–H and O–H groups in total. The van der Waals surface area contributed by atoms with Crippen LogP contribution in [0.15, 0.2) is 23.6 Å². The first-order valence-electron chi connectivity index (χ1n) is 10.2. The summed E-state index contributed by atoms with van der Waals surface area (Å²) >= 11 is 1.39. The number of alkyl halides is 2. The van der Waals surface area contributed by atoms with Gasteiger partial charge in [0.05, 0.1) is 18.8 Å². The van der Waals surface area contributed by atoms with Crippen LogP contribution in [0.1, 0.15) is 49.3 Å². The summed E-state index contributed by atoms with van der Waals surface area (Å²) in [5, 5.41) is 5.27. The molecule has 0 bridgehead atoms. The number of halogens is 2. The van der Waals surface area contributed by atoms with Gasteiger partial charge in [0.15, 0.2) is 16.6 Å². The van der Waals surface area contributed by atoms with Crippen LogP contribution in [-0.2, 0) is 9.59 Å². The molecule has 2 aliphatic rings. The van der Waals surface area contributed by atoms with E-state index in [1.807, 2.05) is 5.38 Å². The summed E-state index contributed by atoms with van der Waals surface area (Å²) in [4.78, 5) is 30.8. The van der Waals surface area contributed by atoms with E-state index >= 15 is 0 Å². The Morgan fingerprint density at radius 2 is 2.13 bits per heavy atom. The Hall–Kier alpha value is -2.75. The number of carbonyl (C=O) groups is 2. The Labute approximate surface area is 182 Å². The summed E-state index contributed by atoms with van der Waals surface area (Å²) in [5.74, 6) is 0.0860. The predicted octanol–water partition coefficient (Wildman–Crippen LogP) is 3.98. The van der Waals surface area contributed by atoms with Crippen molar-refractivity contribution in [3.63, 3.8) is 0 Å². The first-order valence-corrected chi connectivity index (χ1v) is 11.1. The van der Waals surface area contributed by atoms with Crippen LogP contribution in [0.3, 0.4) is 0 Å². The fraction of sp³-hybridized carbons (Fsp3) is 0.476. The Morgan fingerprint density at radius 1 is 1.32 bits per heavy atom. The SMILES string of the molecule is CCOc1cc(C2CC(=O)N(CC(=O)Nc3nc(C4CC4)cs3)C2)ccc1OC(F)F. The van der Waals surface area contributed by atoms with Crippen molar-refractivity contribution in [3.8, 4) is 11.5 Å². The highest BCUT2D eigenvalue weighted by atomic mass is 32.1. The molecule has 2 aromatic rings. The summed E-state index contributed by atoms with van der Waals surface area (Å²) in [5.41, 5.74) is 1.79. The van der Waals surface area contributed by atoms with E-state index in [1.54, 1.807) is 19.1 Å². The molecule has 1 aromatic heterocycles. The average molecular weight is 451 g/mol. The molecule has 1 saturated heterocycles. The highest BCUT2D eigenvalue weighted by Gasteiger charge is 2.33. The van der Waals surface area contributed by atoms with E-state index < -0.39 is 6.61 Å². The van der Waals surface area contributed by atoms with E-state index in [1.165, 1.54) is 22.3 Å². The van der Waals surface area contributed by atoms with Gasteiger partial charge in [0, 0.05) is 30.2 Å². The van der Waals surface area contributed by atoms with E-state index in [4.69, 9.17) is 4.74 Å². The largest absolute Gasteiger partial charge is 0.490 e. The van der Waals surface area contributed by atoms with Crippen molar-refractivity contribution in [1.29, 1.82) is 0 Å². The zero-order valence-corrected chi connectivity index (χ0v) is 17.8. The molecule has 2 heterocycles. The number of thiazole rings is 1. The lowest BCUT2D eigenvalue weighted by molar-refractivity contribution is -0.131. The van der Waals surface area contributed by atoms with Gasteiger partial charge in [-0.05, 0) is 37.5 Å². The summed E-state index contributed by atoms with van der Waals surface area (Å²) in [6, 6.07) is 4.70. The van der Waals surface area contributed by atoms with Gasteiger partial charge in [0.2, 0.25) is 11.8 Å². The number of hydrogen-bond donors (Lipinski definition) is 1. The van der Waals surface area contributed by atoms with Crippen LogP contribution in [0.4, 0.5) is 13.9 Å². The second-order valence-electron chi connectivity index (χ2n) is 7.59. The van der Waals surface area contributed by atoms with Gasteiger partial charge in [-0.1, -0.05) is 6.07 Å². The molecule has 1 aliphatic carbocycles. The molecule has 0 spiro atoms. The maximum atomic E-state index is 12.6. The molecule has 1 aliphatic heterocycles. The molecule has 166 valence electrons. The van der Waals surface area contributed by atoms with E-state index in [2.05, 4.69) is 15.0 Å². The first kappa shape index (κ1) is 21.5. The fourth-order valence-corrected chi connectivity index (χ4v) is 4.44. The first-order chi connectivity index (χ1) is 14.9. The van der Waals surface area contributed by atoms with E-state index in [9.17, 15) is 18.4 Å². The topological polar surface area (TPSA) is 80.8 Å². The Kier molecular flexibility index (Phi) is 6.35. The number of carbonyl (C=O) groups excluding carboxylic acids is 2. The molecular weight excluding hydrogens is 428 g/mol. The third kappa shape index (κ3) is 5.30. The second kappa shape index (κ2) is 9.17. The van der Waals surface area contributed by atoms with Gasteiger partial charge in [0.25, 0.3) is 0 Å². The van der Waals surface area contributed by atoms with Crippen molar-refractivity contribution in [2.24, 2.45) is 0 Å². The lowest BCUT2D eigenvalue weighted by atomic mass is 9.98. The molecule has 2 amide bonds. The number of aromatic nitrogens is 1. The minimum absolute atomic E-state index is 0.0461. The van der Waals surface area contributed by atoms with Crippen molar-refractivity contribution in [3.05, 3.63) is 34.8 Å². The number of nitrogens with zero attached hydrogens (tertiary/aromatic N) is 2. The minimum Gasteiger partial charge on any atom is -0.490 e. The quantitative estimate of drug-likeness (QED) is 0.624. The molecule has 7 nitrogen and oxygen atoms in total. The molecule has 1 saturated carbocycles. The van der Waals surface area contributed by atoms with Crippen LogP contribution in [0.5, 0.6) is 11.5 Å². The van der Waals surface area contributed by atoms with Crippen LogP contribution in [0, 0.1) is 0 Å². The summed E-state index contributed by atoms with van der Waals surface area (Å²) in [6.45, 7) is -0.617. The Morgan fingerprint density at radius 3 is 2.84 bits per heavy atom. The van der Waals surface area contributed by atoms with Gasteiger partial charge < -0.3 is 19.7 Å².